The van der Waals surface area contributed by atoms with E-state index in [9.17, 15) is 4.79 Å². The standard InChI is InChI=1S/C23H25ClN4O/c1-2-6-20(25-19-12-16-9-10-18(24)11-17(16)13-19)23(29)26-22-14-21(27-28-22)15-7-4-3-5-8-15/h3-5,7-11,14,19-20,25H,2,6,12-13H2,1H3,(H2,26,27,28,29)/t19?,20-/m0/s1. The zero-order chi connectivity index (χ0) is 20.2. The van der Waals surface area contributed by atoms with Crippen molar-refractivity contribution in [1.29, 1.82) is 0 Å². The summed E-state index contributed by atoms with van der Waals surface area (Å²) >= 11 is 6.12. The normalized spacial score (nSPS) is 16.4. The molecule has 6 heteroatoms. The number of aromatic amines is 1. The largest absolute Gasteiger partial charge is 0.310 e. The van der Waals surface area contributed by atoms with Crippen LogP contribution in [0.5, 0.6) is 0 Å². The minimum Gasteiger partial charge on any atom is -0.310 e. The molecule has 2 aromatic carbocycles. The highest BCUT2D eigenvalue weighted by molar-refractivity contribution is 6.30. The average molecular weight is 409 g/mol. The lowest BCUT2D eigenvalue weighted by molar-refractivity contribution is -0.118. The molecule has 0 bridgehead atoms. The van der Waals surface area contributed by atoms with E-state index >= 15 is 0 Å². The van der Waals surface area contributed by atoms with Crippen molar-refractivity contribution in [2.24, 2.45) is 0 Å². The summed E-state index contributed by atoms with van der Waals surface area (Å²) in [5.41, 5.74) is 4.40. The molecule has 1 amide bonds. The minimum atomic E-state index is -0.252. The van der Waals surface area contributed by atoms with E-state index in [0.717, 1.165) is 42.0 Å². The SMILES string of the molecule is CCC[C@H](NC1Cc2ccc(Cl)cc2C1)C(=O)Nc1cc(-c2ccccc2)n[nH]1. The Kier molecular flexibility index (Phi) is 5.97. The number of carbonyl (C=O) groups excluding carboxylic acids is 1. The molecular formula is C23H25ClN4O. The van der Waals surface area contributed by atoms with Crippen LogP contribution >= 0.6 is 11.6 Å². The predicted molar refractivity (Wildman–Crippen MR) is 117 cm³/mol. The summed E-state index contributed by atoms with van der Waals surface area (Å²) in [7, 11) is 0. The number of hydrogen-bond acceptors (Lipinski definition) is 3. The van der Waals surface area contributed by atoms with Crippen molar-refractivity contribution in [2.75, 3.05) is 5.32 Å². The zero-order valence-corrected chi connectivity index (χ0v) is 17.2. The fourth-order valence-corrected chi connectivity index (χ4v) is 4.12. The van der Waals surface area contributed by atoms with Crippen molar-refractivity contribution < 1.29 is 4.79 Å². The second-order valence-electron chi connectivity index (χ2n) is 7.55. The van der Waals surface area contributed by atoms with E-state index in [1.54, 1.807) is 0 Å². The van der Waals surface area contributed by atoms with Crippen LogP contribution in [0.2, 0.25) is 5.02 Å². The molecule has 4 rings (SSSR count). The van der Waals surface area contributed by atoms with Gasteiger partial charge in [0.25, 0.3) is 0 Å². The number of benzene rings is 2. The van der Waals surface area contributed by atoms with Crippen LogP contribution in [0, 0.1) is 0 Å². The number of nitrogens with zero attached hydrogens (tertiary/aromatic N) is 1. The van der Waals surface area contributed by atoms with Gasteiger partial charge in [0.05, 0.1) is 11.7 Å². The van der Waals surface area contributed by atoms with Gasteiger partial charge >= 0.3 is 0 Å². The maximum absolute atomic E-state index is 12.9. The molecule has 5 nitrogen and oxygen atoms in total. The van der Waals surface area contributed by atoms with Crippen LogP contribution in [0.4, 0.5) is 5.82 Å². The summed E-state index contributed by atoms with van der Waals surface area (Å²) < 4.78 is 0. The van der Waals surface area contributed by atoms with E-state index in [0.29, 0.717) is 5.82 Å². The number of fused-ring (bicyclic) bond motifs is 1. The van der Waals surface area contributed by atoms with Crippen molar-refractivity contribution in [1.82, 2.24) is 15.5 Å². The van der Waals surface area contributed by atoms with Gasteiger partial charge in [-0.05, 0) is 42.5 Å². The van der Waals surface area contributed by atoms with Gasteiger partial charge in [-0.1, -0.05) is 61.3 Å². The Bertz CT molecular complexity index is 986. The molecule has 0 aliphatic heterocycles. The lowest BCUT2D eigenvalue weighted by atomic mass is 10.1. The van der Waals surface area contributed by atoms with Gasteiger partial charge in [-0.3, -0.25) is 9.89 Å². The van der Waals surface area contributed by atoms with Crippen LogP contribution in [0.1, 0.15) is 30.9 Å². The second-order valence-corrected chi connectivity index (χ2v) is 7.98. The predicted octanol–water partition coefficient (Wildman–Crippen LogP) is 4.59. The van der Waals surface area contributed by atoms with Gasteiger partial charge in [-0.25, -0.2) is 0 Å². The van der Waals surface area contributed by atoms with Gasteiger partial charge in [0.1, 0.15) is 5.82 Å². The van der Waals surface area contributed by atoms with E-state index in [-0.39, 0.29) is 18.0 Å². The first-order valence-corrected chi connectivity index (χ1v) is 10.4. The van der Waals surface area contributed by atoms with Gasteiger partial charge in [0.15, 0.2) is 0 Å². The minimum absolute atomic E-state index is 0.0379. The molecule has 0 spiro atoms. The Morgan fingerprint density at radius 3 is 2.76 bits per heavy atom. The molecule has 1 unspecified atom stereocenters. The molecule has 1 heterocycles. The first kappa shape index (κ1) is 19.7. The van der Waals surface area contributed by atoms with Crippen LogP contribution in [-0.4, -0.2) is 28.2 Å². The van der Waals surface area contributed by atoms with Gasteiger partial charge in [-0.15, -0.1) is 0 Å². The number of amides is 1. The van der Waals surface area contributed by atoms with Crippen molar-refractivity contribution in [3.05, 3.63) is 70.7 Å². The molecule has 29 heavy (non-hydrogen) atoms. The van der Waals surface area contributed by atoms with E-state index in [1.807, 2.05) is 48.5 Å². The Morgan fingerprint density at radius 2 is 1.97 bits per heavy atom. The topological polar surface area (TPSA) is 69.8 Å². The highest BCUT2D eigenvalue weighted by atomic mass is 35.5. The van der Waals surface area contributed by atoms with Crippen LogP contribution in [0.3, 0.4) is 0 Å². The summed E-state index contributed by atoms with van der Waals surface area (Å²) in [6, 6.07) is 17.8. The quantitative estimate of drug-likeness (QED) is 0.535. The van der Waals surface area contributed by atoms with Crippen LogP contribution in [0.15, 0.2) is 54.6 Å². The van der Waals surface area contributed by atoms with Gasteiger partial charge in [0, 0.05) is 22.7 Å². The van der Waals surface area contributed by atoms with Gasteiger partial charge in [-0.2, -0.15) is 5.10 Å². The number of carbonyl (C=O) groups is 1. The molecule has 0 radical (unpaired) electrons. The molecule has 0 saturated carbocycles. The highest BCUT2D eigenvalue weighted by Crippen LogP contribution is 2.26. The number of aromatic nitrogens is 2. The van der Waals surface area contributed by atoms with E-state index in [2.05, 4.69) is 33.8 Å². The molecule has 1 aliphatic carbocycles. The maximum atomic E-state index is 12.9. The van der Waals surface area contributed by atoms with E-state index < -0.39 is 0 Å². The summed E-state index contributed by atoms with van der Waals surface area (Å²) in [6.45, 7) is 2.09. The van der Waals surface area contributed by atoms with Gasteiger partial charge in [0.2, 0.25) is 5.91 Å². The number of anilines is 1. The van der Waals surface area contributed by atoms with Gasteiger partial charge < -0.3 is 10.6 Å². The monoisotopic (exact) mass is 408 g/mol. The average Bonchev–Trinajstić information content (AvgIpc) is 3.34. The summed E-state index contributed by atoms with van der Waals surface area (Å²) in [4.78, 5) is 12.9. The molecule has 0 fully saturated rings. The smallest absolute Gasteiger partial charge is 0.242 e. The number of halogens is 1. The number of rotatable bonds is 7. The highest BCUT2D eigenvalue weighted by Gasteiger charge is 2.27. The third-order valence-corrected chi connectivity index (χ3v) is 5.57. The fourth-order valence-electron chi connectivity index (χ4n) is 3.93. The Balaban J connectivity index is 1.40. The fraction of sp³-hybridized carbons (Fsp3) is 0.304. The lowest BCUT2D eigenvalue weighted by Gasteiger charge is -2.21. The van der Waals surface area contributed by atoms with Crippen LogP contribution < -0.4 is 10.6 Å². The first-order chi connectivity index (χ1) is 14.1. The van der Waals surface area contributed by atoms with E-state index in [1.165, 1.54) is 11.1 Å². The summed E-state index contributed by atoms with van der Waals surface area (Å²) in [6.07, 6.45) is 3.52. The van der Waals surface area contributed by atoms with E-state index in [4.69, 9.17) is 11.6 Å². The van der Waals surface area contributed by atoms with Crippen LogP contribution in [-0.2, 0) is 17.6 Å². The molecule has 150 valence electrons. The van der Waals surface area contributed by atoms with Crippen molar-refractivity contribution in [3.63, 3.8) is 0 Å². The second kappa shape index (κ2) is 8.80. The molecule has 1 aliphatic rings. The summed E-state index contributed by atoms with van der Waals surface area (Å²) in [5, 5.41) is 14.5. The number of nitrogens with one attached hydrogen (secondary N) is 3. The first-order valence-electron chi connectivity index (χ1n) is 10.1. The van der Waals surface area contributed by atoms with Crippen molar-refractivity contribution >= 4 is 23.3 Å². The Hall–Kier alpha value is -2.63. The molecule has 1 aromatic heterocycles. The molecule has 3 N–H and O–H groups in total. The Morgan fingerprint density at radius 1 is 1.17 bits per heavy atom. The third-order valence-electron chi connectivity index (χ3n) is 5.34. The molecule has 3 aromatic rings. The molecule has 2 atom stereocenters. The number of H-pyrrole nitrogens is 1. The van der Waals surface area contributed by atoms with Crippen molar-refractivity contribution in [3.8, 4) is 11.3 Å². The number of hydrogen-bond donors (Lipinski definition) is 3. The molecule has 0 saturated heterocycles. The van der Waals surface area contributed by atoms with Crippen LogP contribution in [0.25, 0.3) is 11.3 Å². The Labute approximate surface area is 175 Å². The molecular weight excluding hydrogens is 384 g/mol. The van der Waals surface area contributed by atoms with Crippen molar-refractivity contribution in [2.45, 2.75) is 44.7 Å². The maximum Gasteiger partial charge on any atom is 0.242 e. The summed E-state index contributed by atoms with van der Waals surface area (Å²) in [5.74, 6) is 0.572. The third kappa shape index (κ3) is 4.69. The lowest BCUT2D eigenvalue weighted by Crippen LogP contribution is -2.46. The zero-order valence-electron chi connectivity index (χ0n) is 16.4.